The van der Waals surface area contributed by atoms with Gasteiger partial charge >= 0.3 is 0 Å². The Morgan fingerprint density at radius 2 is 1.94 bits per heavy atom. The van der Waals surface area contributed by atoms with Crippen LogP contribution in [0.25, 0.3) is 10.2 Å². The van der Waals surface area contributed by atoms with Gasteiger partial charge in [0.1, 0.15) is 5.82 Å². The highest BCUT2D eigenvalue weighted by atomic mass is 32.2. The Bertz CT molecular complexity index is 1060. The average molecular weight is 470 g/mol. The van der Waals surface area contributed by atoms with Crippen molar-refractivity contribution in [3.63, 3.8) is 0 Å². The van der Waals surface area contributed by atoms with Crippen LogP contribution in [0, 0.1) is 5.92 Å². The summed E-state index contributed by atoms with van der Waals surface area (Å²) in [4.78, 5) is 31.7. The normalized spacial score (nSPS) is 15.3. The quantitative estimate of drug-likeness (QED) is 0.433. The van der Waals surface area contributed by atoms with E-state index in [4.69, 9.17) is 4.98 Å². The number of benzene rings is 1. The molecular formula is C24H31N5OS2. The molecule has 170 valence electrons. The van der Waals surface area contributed by atoms with Crippen LogP contribution in [0.5, 0.6) is 0 Å². The van der Waals surface area contributed by atoms with Crippen LogP contribution in [-0.2, 0) is 12.8 Å². The highest BCUT2D eigenvalue weighted by molar-refractivity contribution is 7.98. The van der Waals surface area contributed by atoms with Crippen LogP contribution in [0.15, 0.2) is 35.5 Å². The Hall–Kier alpha value is -2.03. The Kier molecular flexibility index (Phi) is 7.43. The van der Waals surface area contributed by atoms with E-state index in [0.717, 1.165) is 70.3 Å². The van der Waals surface area contributed by atoms with E-state index in [9.17, 15) is 4.79 Å². The van der Waals surface area contributed by atoms with E-state index >= 15 is 0 Å². The molecule has 0 saturated carbocycles. The molecule has 1 amide bonds. The summed E-state index contributed by atoms with van der Waals surface area (Å²) in [5.74, 6) is 1.63. The van der Waals surface area contributed by atoms with Crippen LogP contribution in [0.1, 0.15) is 41.0 Å². The zero-order valence-electron chi connectivity index (χ0n) is 19.2. The Morgan fingerprint density at radius 1 is 1.22 bits per heavy atom. The lowest BCUT2D eigenvalue weighted by Gasteiger charge is -2.42. The number of hydrogen-bond donors (Lipinski definition) is 0. The summed E-state index contributed by atoms with van der Waals surface area (Å²) in [6, 6.07) is 6.40. The number of likely N-dealkylation sites (tertiary alicyclic amines) is 1. The standard InChI is InChI=1S/C24H31N5OS2/c1-16(5-9-22-25-12-19(31-4)13-26-22)6-10-23-27-20-8-7-17(11-21(20)32-23)24(30)29-14-18(15-29)28(2)3/h7-8,11-13,16,18H,5-6,9-10,14-15H2,1-4H3/t16-/m0/s1. The Labute approximate surface area is 198 Å². The number of carbonyl (C=O) groups is 1. The molecule has 2 aromatic heterocycles. The summed E-state index contributed by atoms with van der Waals surface area (Å²) in [6.45, 7) is 3.90. The summed E-state index contributed by atoms with van der Waals surface area (Å²) in [7, 11) is 4.13. The number of likely N-dealkylation sites (N-methyl/N-ethyl adjacent to an activating group) is 1. The van der Waals surface area contributed by atoms with Crippen molar-refractivity contribution in [1.82, 2.24) is 24.8 Å². The molecule has 1 atom stereocenters. The van der Waals surface area contributed by atoms with Gasteiger partial charge in [-0.25, -0.2) is 15.0 Å². The number of thioether (sulfide) groups is 1. The number of aryl methyl sites for hydroxylation is 2. The number of rotatable bonds is 9. The van der Waals surface area contributed by atoms with Crippen molar-refractivity contribution < 1.29 is 4.79 Å². The molecule has 3 aromatic rings. The molecule has 0 N–H and O–H groups in total. The number of carbonyl (C=O) groups excluding carboxylic acids is 1. The van der Waals surface area contributed by atoms with E-state index in [1.165, 1.54) is 0 Å². The van der Waals surface area contributed by atoms with Crippen LogP contribution in [-0.4, -0.2) is 70.1 Å². The van der Waals surface area contributed by atoms with Crippen LogP contribution >= 0.6 is 23.1 Å². The number of aromatic nitrogens is 3. The lowest BCUT2D eigenvalue weighted by molar-refractivity contribution is 0.0399. The molecule has 32 heavy (non-hydrogen) atoms. The van der Waals surface area contributed by atoms with Crippen molar-refractivity contribution in [2.45, 2.75) is 43.5 Å². The highest BCUT2D eigenvalue weighted by Gasteiger charge is 2.32. The molecule has 4 rings (SSSR count). The third-order valence-electron chi connectivity index (χ3n) is 6.19. The lowest BCUT2D eigenvalue weighted by atomic mass is 10.00. The summed E-state index contributed by atoms with van der Waals surface area (Å²) < 4.78 is 1.10. The molecule has 6 nitrogen and oxygen atoms in total. The maximum atomic E-state index is 12.8. The van der Waals surface area contributed by atoms with Gasteiger partial charge in [-0.05, 0) is 63.7 Å². The van der Waals surface area contributed by atoms with Crippen molar-refractivity contribution in [2.24, 2.45) is 5.92 Å². The lowest BCUT2D eigenvalue weighted by Crippen LogP contribution is -2.59. The first-order chi connectivity index (χ1) is 15.4. The SMILES string of the molecule is CSc1cnc(CC[C@H](C)CCc2nc3ccc(C(=O)N4CC(N(C)C)C4)cc3s2)nc1. The van der Waals surface area contributed by atoms with Crippen molar-refractivity contribution >= 4 is 39.2 Å². The van der Waals surface area contributed by atoms with Gasteiger partial charge in [-0.1, -0.05) is 6.92 Å². The van der Waals surface area contributed by atoms with Gasteiger partial charge in [0.05, 0.1) is 15.2 Å². The second-order valence-corrected chi connectivity index (χ2v) is 10.8. The largest absolute Gasteiger partial charge is 0.335 e. The van der Waals surface area contributed by atoms with E-state index in [1.807, 2.05) is 41.7 Å². The molecule has 1 aliphatic heterocycles. The van der Waals surface area contributed by atoms with Gasteiger partial charge in [0, 0.05) is 48.4 Å². The first-order valence-electron chi connectivity index (χ1n) is 11.1. The molecule has 0 spiro atoms. The first-order valence-corrected chi connectivity index (χ1v) is 13.2. The Balaban J connectivity index is 1.29. The first kappa shape index (κ1) is 23.1. The minimum Gasteiger partial charge on any atom is -0.335 e. The van der Waals surface area contributed by atoms with Gasteiger partial charge in [0.25, 0.3) is 5.91 Å². The molecule has 1 aromatic carbocycles. The van der Waals surface area contributed by atoms with Gasteiger partial charge in [-0.3, -0.25) is 4.79 Å². The molecular weight excluding hydrogens is 438 g/mol. The highest BCUT2D eigenvalue weighted by Crippen LogP contribution is 2.27. The number of hydrogen-bond acceptors (Lipinski definition) is 7. The second-order valence-electron chi connectivity index (χ2n) is 8.84. The molecule has 0 radical (unpaired) electrons. The predicted molar refractivity (Wildman–Crippen MR) is 133 cm³/mol. The molecule has 8 heteroatoms. The number of nitrogens with zero attached hydrogens (tertiary/aromatic N) is 5. The third kappa shape index (κ3) is 5.47. The monoisotopic (exact) mass is 469 g/mol. The van der Waals surface area contributed by atoms with Gasteiger partial charge in [0.15, 0.2) is 0 Å². The summed E-state index contributed by atoms with van der Waals surface area (Å²) in [5.41, 5.74) is 1.76. The minimum atomic E-state index is 0.126. The number of amides is 1. The van der Waals surface area contributed by atoms with E-state index < -0.39 is 0 Å². The molecule has 0 bridgehead atoms. The van der Waals surface area contributed by atoms with E-state index in [2.05, 4.69) is 35.9 Å². The van der Waals surface area contributed by atoms with Crippen molar-refractivity contribution in [1.29, 1.82) is 0 Å². The van der Waals surface area contributed by atoms with E-state index in [-0.39, 0.29) is 5.91 Å². The van der Waals surface area contributed by atoms with Gasteiger partial charge < -0.3 is 9.80 Å². The zero-order chi connectivity index (χ0) is 22.7. The van der Waals surface area contributed by atoms with E-state index in [0.29, 0.717) is 12.0 Å². The molecule has 0 aliphatic carbocycles. The molecule has 1 aliphatic rings. The fourth-order valence-electron chi connectivity index (χ4n) is 3.81. The van der Waals surface area contributed by atoms with Crippen LogP contribution in [0.2, 0.25) is 0 Å². The molecule has 1 saturated heterocycles. The maximum absolute atomic E-state index is 12.8. The third-order valence-corrected chi connectivity index (χ3v) is 7.95. The van der Waals surface area contributed by atoms with Gasteiger partial charge in [-0.15, -0.1) is 23.1 Å². The van der Waals surface area contributed by atoms with Crippen LogP contribution < -0.4 is 0 Å². The second kappa shape index (κ2) is 10.3. The summed E-state index contributed by atoms with van der Waals surface area (Å²) >= 11 is 3.38. The number of fused-ring (bicyclic) bond motifs is 1. The van der Waals surface area contributed by atoms with Gasteiger partial charge in [0.2, 0.25) is 0 Å². The minimum absolute atomic E-state index is 0.126. The summed E-state index contributed by atoms with van der Waals surface area (Å²) in [5, 5.41) is 1.15. The zero-order valence-corrected chi connectivity index (χ0v) is 20.9. The van der Waals surface area contributed by atoms with Crippen molar-refractivity contribution in [2.75, 3.05) is 33.4 Å². The van der Waals surface area contributed by atoms with Crippen LogP contribution in [0.4, 0.5) is 0 Å². The van der Waals surface area contributed by atoms with Crippen LogP contribution in [0.3, 0.4) is 0 Å². The van der Waals surface area contributed by atoms with Crippen molar-refractivity contribution in [3.8, 4) is 0 Å². The number of thiazole rings is 1. The fraction of sp³-hybridized carbons (Fsp3) is 0.500. The average Bonchev–Trinajstić information content (AvgIpc) is 3.17. The fourth-order valence-corrected chi connectivity index (χ4v) is 5.15. The topological polar surface area (TPSA) is 62.2 Å². The van der Waals surface area contributed by atoms with E-state index in [1.54, 1.807) is 23.1 Å². The molecule has 0 unspecified atom stereocenters. The summed E-state index contributed by atoms with van der Waals surface area (Å²) in [6.07, 6.45) is 9.88. The predicted octanol–water partition coefficient (Wildman–Crippen LogP) is 4.40. The molecule has 3 heterocycles. The molecule has 1 fully saturated rings. The van der Waals surface area contributed by atoms with Gasteiger partial charge in [-0.2, -0.15) is 0 Å². The smallest absolute Gasteiger partial charge is 0.254 e. The van der Waals surface area contributed by atoms with Crippen molar-refractivity contribution in [3.05, 3.63) is 47.0 Å². The Morgan fingerprint density at radius 3 is 2.62 bits per heavy atom. The maximum Gasteiger partial charge on any atom is 0.254 e.